The Morgan fingerprint density at radius 3 is 2.50 bits per heavy atom. The molecule has 1 fully saturated rings. The van der Waals surface area contributed by atoms with Gasteiger partial charge in [0.15, 0.2) is 0 Å². The second kappa shape index (κ2) is 4.59. The Morgan fingerprint density at radius 1 is 1.33 bits per heavy atom. The molecule has 1 aliphatic rings. The molecule has 4 heteroatoms. The van der Waals surface area contributed by atoms with Crippen molar-refractivity contribution in [2.45, 2.75) is 33.3 Å². The Bertz CT molecular complexity index is 436. The minimum absolute atomic E-state index is 0.0949. The first kappa shape index (κ1) is 12.9. The zero-order valence-electron chi connectivity index (χ0n) is 10.9. The summed E-state index contributed by atoms with van der Waals surface area (Å²) in [5.74, 6) is -0.308. The Kier molecular flexibility index (Phi) is 3.28. The van der Waals surface area contributed by atoms with Crippen LogP contribution in [-0.2, 0) is 4.74 Å². The van der Waals surface area contributed by atoms with Gasteiger partial charge in [0.1, 0.15) is 11.9 Å². The van der Waals surface area contributed by atoms with E-state index in [4.69, 9.17) is 4.74 Å². The second-order valence-electron chi connectivity index (χ2n) is 5.86. The molecule has 98 valence electrons. The molecule has 0 radical (unpaired) electrons. The number of anilines is 1. The van der Waals surface area contributed by atoms with E-state index >= 15 is 0 Å². The summed E-state index contributed by atoms with van der Waals surface area (Å²) < 4.78 is 18.2. The quantitative estimate of drug-likeness (QED) is 0.804. The van der Waals surface area contributed by atoms with Crippen molar-refractivity contribution in [1.29, 1.82) is 0 Å². The van der Waals surface area contributed by atoms with Crippen molar-refractivity contribution in [2.24, 2.45) is 5.41 Å². The molecule has 0 N–H and O–H groups in total. The van der Waals surface area contributed by atoms with E-state index in [0.717, 1.165) is 6.42 Å². The Balaban J connectivity index is 2.08. The molecule has 2 rings (SSSR count). The maximum atomic E-state index is 12.8. The summed E-state index contributed by atoms with van der Waals surface area (Å²) in [6.45, 7) is 6.87. The van der Waals surface area contributed by atoms with Crippen LogP contribution in [0, 0.1) is 11.2 Å². The molecule has 0 aliphatic carbocycles. The number of rotatable bonds is 2. The number of ether oxygens (including phenoxy) is 1. The lowest BCUT2D eigenvalue weighted by Gasteiger charge is -2.21. The minimum Gasteiger partial charge on any atom is -0.444 e. The minimum atomic E-state index is -0.351. The van der Waals surface area contributed by atoms with Crippen LogP contribution < -0.4 is 4.90 Å². The van der Waals surface area contributed by atoms with Gasteiger partial charge in [0.2, 0.25) is 0 Å². The first-order valence-corrected chi connectivity index (χ1v) is 6.09. The monoisotopic (exact) mass is 251 g/mol. The largest absolute Gasteiger partial charge is 0.444 e. The van der Waals surface area contributed by atoms with Gasteiger partial charge in [-0.25, -0.2) is 9.18 Å². The van der Waals surface area contributed by atoms with Crippen molar-refractivity contribution < 1.29 is 13.9 Å². The van der Waals surface area contributed by atoms with Crippen molar-refractivity contribution in [2.75, 3.05) is 11.4 Å². The maximum Gasteiger partial charge on any atom is 0.414 e. The van der Waals surface area contributed by atoms with Crippen LogP contribution in [0.3, 0.4) is 0 Å². The number of halogens is 1. The fourth-order valence-electron chi connectivity index (χ4n) is 2.14. The van der Waals surface area contributed by atoms with Gasteiger partial charge in [-0.15, -0.1) is 0 Å². The van der Waals surface area contributed by atoms with E-state index in [9.17, 15) is 9.18 Å². The van der Waals surface area contributed by atoms with Crippen molar-refractivity contribution in [3.05, 3.63) is 30.1 Å². The summed E-state index contributed by atoms with van der Waals surface area (Å²) in [4.78, 5) is 13.3. The van der Waals surface area contributed by atoms with Crippen LogP contribution in [-0.4, -0.2) is 18.7 Å². The van der Waals surface area contributed by atoms with Crippen LogP contribution in [0.1, 0.15) is 27.2 Å². The molecular weight excluding hydrogens is 233 g/mol. The fourth-order valence-corrected chi connectivity index (χ4v) is 2.14. The first-order valence-electron chi connectivity index (χ1n) is 6.09. The average Bonchev–Trinajstić information content (AvgIpc) is 2.58. The van der Waals surface area contributed by atoms with E-state index in [1.54, 1.807) is 17.0 Å². The number of carbonyl (C=O) groups excluding carboxylic acids is 1. The zero-order chi connectivity index (χ0) is 13.3. The Hall–Kier alpha value is -1.58. The van der Waals surface area contributed by atoms with Gasteiger partial charge < -0.3 is 4.74 Å². The molecule has 1 aromatic carbocycles. The number of benzene rings is 1. The van der Waals surface area contributed by atoms with Crippen molar-refractivity contribution in [1.82, 2.24) is 0 Å². The van der Waals surface area contributed by atoms with E-state index < -0.39 is 0 Å². The van der Waals surface area contributed by atoms with Crippen molar-refractivity contribution in [3.8, 4) is 0 Å². The van der Waals surface area contributed by atoms with Gasteiger partial charge in [0, 0.05) is 5.69 Å². The molecule has 0 bridgehead atoms. The number of cyclic esters (lactones) is 1. The molecule has 1 heterocycles. The third-order valence-corrected chi connectivity index (χ3v) is 2.85. The van der Waals surface area contributed by atoms with Crippen LogP contribution in [0.15, 0.2) is 24.3 Å². The van der Waals surface area contributed by atoms with E-state index in [2.05, 4.69) is 20.8 Å². The van der Waals surface area contributed by atoms with Gasteiger partial charge in [-0.05, 0) is 36.1 Å². The highest BCUT2D eigenvalue weighted by Gasteiger charge is 2.34. The van der Waals surface area contributed by atoms with Gasteiger partial charge in [-0.2, -0.15) is 0 Å². The lowest BCUT2D eigenvalue weighted by molar-refractivity contribution is 0.114. The molecule has 18 heavy (non-hydrogen) atoms. The third kappa shape index (κ3) is 3.00. The molecule has 0 saturated carbocycles. The number of nitrogens with zero attached hydrogens (tertiary/aromatic N) is 1. The Morgan fingerprint density at radius 2 is 1.94 bits per heavy atom. The number of hydrogen-bond donors (Lipinski definition) is 0. The summed E-state index contributed by atoms with van der Waals surface area (Å²) in [5, 5.41) is 0. The molecule has 1 aromatic rings. The van der Waals surface area contributed by atoms with Crippen LogP contribution in [0.2, 0.25) is 0 Å². The van der Waals surface area contributed by atoms with Crippen LogP contribution in [0.5, 0.6) is 0 Å². The molecule has 1 aliphatic heterocycles. The van der Waals surface area contributed by atoms with Gasteiger partial charge in [-0.3, -0.25) is 4.90 Å². The van der Waals surface area contributed by atoms with E-state index in [-0.39, 0.29) is 23.4 Å². The van der Waals surface area contributed by atoms with Gasteiger partial charge in [0.05, 0.1) is 6.54 Å². The highest BCUT2D eigenvalue weighted by Crippen LogP contribution is 2.29. The van der Waals surface area contributed by atoms with Gasteiger partial charge in [0.25, 0.3) is 0 Å². The third-order valence-electron chi connectivity index (χ3n) is 2.85. The topological polar surface area (TPSA) is 29.5 Å². The summed E-state index contributed by atoms with van der Waals surface area (Å²) in [6, 6.07) is 5.88. The molecule has 1 saturated heterocycles. The molecule has 1 atom stereocenters. The van der Waals surface area contributed by atoms with Crippen LogP contribution in [0.4, 0.5) is 14.9 Å². The molecule has 0 unspecified atom stereocenters. The predicted molar refractivity (Wildman–Crippen MR) is 68.1 cm³/mol. The SMILES string of the molecule is CC(C)(C)C[C@@H]1CN(c2ccc(F)cc2)C(=O)O1. The lowest BCUT2D eigenvalue weighted by Crippen LogP contribution is -2.25. The summed E-state index contributed by atoms with van der Waals surface area (Å²) in [5.41, 5.74) is 0.793. The first-order chi connectivity index (χ1) is 8.35. The van der Waals surface area contributed by atoms with Gasteiger partial charge >= 0.3 is 6.09 Å². The summed E-state index contributed by atoms with van der Waals surface area (Å²) >= 11 is 0. The van der Waals surface area contributed by atoms with Crippen molar-refractivity contribution >= 4 is 11.8 Å². The number of carbonyl (C=O) groups is 1. The van der Waals surface area contributed by atoms with E-state index in [1.807, 2.05) is 0 Å². The molecule has 0 spiro atoms. The van der Waals surface area contributed by atoms with E-state index in [0.29, 0.717) is 12.2 Å². The molecular formula is C14H18FNO2. The standard InChI is InChI=1S/C14H18FNO2/c1-14(2,3)8-12-9-16(13(17)18-12)11-6-4-10(15)5-7-11/h4-7,12H,8-9H2,1-3H3/t12-/m1/s1. The van der Waals surface area contributed by atoms with Crippen LogP contribution in [0.25, 0.3) is 0 Å². The average molecular weight is 251 g/mol. The van der Waals surface area contributed by atoms with Crippen LogP contribution >= 0.6 is 0 Å². The van der Waals surface area contributed by atoms with Crippen molar-refractivity contribution in [3.63, 3.8) is 0 Å². The molecule has 1 amide bonds. The lowest BCUT2D eigenvalue weighted by atomic mass is 9.89. The highest BCUT2D eigenvalue weighted by atomic mass is 19.1. The number of amides is 1. The maximum absolute atomic E-state index is 12.8. The predicted octanol–water partition coefficient (Wildman–Crippen LogP) is 3.59. The van der Waals surface area contributed by atoms with E-state index in [1.165, 1.54) is 12.1 Å². The smallest absolute Gasteiger partial charge is 0.414 e. The normalized spacial score (nSPS) is 20.1. The second-order valence-corrected chi connectivity index (χ2v) is 5.86. The zero-order valence-corrected chi connectivity index (χ0v) is 10.9. The summed E-state index contributed by atoms with van der Waals surface area (Å²) in [6.07, 6.45) is 0.370. The highest BCUT2D eigenvalue weighted by molar-refractivity contribution is 5.89. The van der Waals surface area contributed by atoms with Gasteiger partial charge in [-0.1, -0.05) is 20.8 Å². The number of hydrogen-bond acceptors (Lipinski definition) is 2. The molecule has 0 aromatic heterocycles. The Labute approximate surface area is 107 Å². The summed E-state index contributed by atoms with van der Waals surface area (Å²) in [7, 11) is 0. The molecule has 3 nitrogen and oxygen atoms in total. The fraction of sp³-hybridized carbons (Fsp3) is 0.500.